The van der Waals surface area contributed by atoms with Crippen molar-refractivity contribution in [2.24, 2.45) is 7.05 Å². The van der Waals surface area contributed by atoms with Gasteiger partial charge >= 0.3 is 0 Å². The molecule has 0 aliphatic carbocycles. The summed E-state index contributed by atoms with van der Waals surface area (Å²) >= 11 is 0. The molecule has 1 amide bonds. The first-order valence-corrected chi connectivity index (χ1v) is 9.62. The molecule has 0 aliphatic rings. The molecule has 0 aliphatic heterocycles. The Hall–Kier alpha value is -3.28. The van der Waals surface area contributed by atoms with Gasteiger partial charge in [-0.15, -0.1) is 0 Å². The molecule has 6 heteroatoms. The van der Waals surface area contributed by atoms with Gasteiger partial charge in [0.1, 0.15) is 23.4 Å². The smallest absolute Gasteiger partial charge is 0.258 e. The number of ether oxygens (including phenoxy) is 2. The maximum absolute atomic E-state index is 12.7. The molecule has 1 N–H and O–H groups in total. The summed E-state index contributed by atoms with van der Waals surface area (Å²) in [5.41, 5.74) is 1.99. The number of carbonyl (C=O) groups is 1. The van der Waals surface area contributed by atoms with Gasteiger partial charge in [-0.3, -0.25) is 4.79 Å². The van der Waals surface area contributed by atoms with Gasteiger partial charge in [0, 0.05) is 19.4 Å². The summed E-state index contributed by atoms with van der Waals surface area (Å²) in [5, 5.41) is 3.04. The highest BCUT2D eigenvalue weighted by atomic mass is 16.5. The average Bonchev–Trinajstić information content (AvgIpc) is 3.16. The van der Waals surface area contributed by atoms with Crippen molar-refractivity contribution >= 4 is 5.91 Å². The van der Waals surface area contributed by atoms with Gasteiger partial charge in [0.2, 0.25) is 0 Å². The minimum atomic E-state index is -0.391. The molecule has 6 nitrogen and oxygen atoms in total. The lowest BCUT2D eigenvalue weighted by atomic mass is 10.0. The summed E-state index contributed by atoms with van der Waals surface area (Å²) in [6, 6.07) is 15.0. The highest BCUT2D eigenvalue weighted by Crippen LogP contribution is 2.26. The molecule has 0 fully saturated rings. The molecule has 2 aromatic carbocycles. The van der Waals surface area contributed by atoms with Crippen molar-refractivity contribution in [3.05, 3.63) is 77.9 Å². The first-order valence-electron chi connectivity index (χ1n) is 9.62. The first-order chi connectivity index (χ1) is 14.0. The van der Waals surface area contributed by atoms with Crippen LogP contribution in [0, 0.1) is 0 Å². The van der Waals surface area contributed by atoms with Gasteiger partial charge < -0.3 is 19.4 Å². The molecule has 3 aromatic rings. The van der Waals surface area contributed by atoms with Crippen LogP contribution >= 0.6 is 0 Å². The molecule has 0 saturated carbocycles. The van der Waals surface area contributed by atoms with Crippen molar-refractivity contribution in [1.29, 1.82) is 0 Å². The summed E-state index contributed by atoms with van der Waals surface area (Å²) in [5.74, 6) is 2.33. The number of rotatable bonds is 8. The van der Waals surface area contributed by atoms with Crippen molar-refractivity contribution < 1.29 is 14.3 Å². The van der Waals surface area contributed by atoms with Crippen molar-refractivity contribution in [1.82, 2.24) is 14.9 Å². The predicted octanol–water partition coefficient (Wildman–Crippen LogP) is 3.84. The van der Waals surface area contributed by atoms with Crippen molar-refractivity contribution in [2.45, 2.75) is 25.8 Å². The van der Waals surface area contributed by atoms with E-state index in [9.17, 15) is 4.79 Å². The Morgan fingerprint density at radius 3 is 2.48 bits per heavy atom. The van der Waals surface area contributed by atoms with Crippen LogP contribution in [0.5, 0.6) is 11.5 Å². The van der Waals surface area contributed by atoms with Crippen LogP contribution < -0.4 is 14.8 Å². The van der Waals surface area contributed by atoms with Gasteiger partial charge in [0.15, 0.2) is 6.61 Å². The summed E-state index contributed by atoms with van der Waals surface area (Å²) in [6.45, 7) is 4.13. The number of hydrogen-bond acceptors (Lipinski definition) is 4. The lowest BCUT2D eigenvalue weighted by Crippen LogP contribution is -2.34. The van der Waals surface area contributed by atoms with E-state index >= 15 is 0 Å². The fraction of sp³-hybridized carbons (Fsp3) is 0.304. The highest BCUT2D eigenvalue weighted by molar-refractivity contribution is 5.78. The maximum Gasteiger partial charge on any atom is 0.258 e. The van der Waals surface area contributed by atoms with Gasteiger partial charge in [-0.05, 0) is 35.2 Å². The minimum Gasteiger partial charge on any atom is -0.497 e. The van der Waals surface area contributed by atoms with E-state index in [1.807, 2.05) is 66.3 Å². The number of benzene rings is 2. The number of imidazole rings is 1. The maximum atomic E-state index is 12.7. The third-order valence-electron chi connectivity index (χ3n) is 4.77. The third kappa shape index (κ3) is 4.96. The van der Waals surface area contributed by atoms with E-state index in [1.54, 1.807) is 13.3 Å². The van der Waals surface area contributed by atoms with Crippen LogP contribution in [0.3, 0.4) is 0 Å². The lowest BCUT2D eigenvalue weighted by Gasteiger charge is -2.20. The van der Waals surface area contributed by atoms with Gasteiger partial charge in [0.25, 0.3) is 5.91 Å². The van der Waals surface area contributed by atoms with E-state index in [4.69, 9.17) is 9.47 Å². The number of aryl methyl sites for hydroxylation is 1. The molecule has 0 bridgehead atoms. The zero-order chi connectivity index (χ0) is 20.8. The van der Waals surface area contributed by atoms with E-state index in [0.717, 1.165) is 28.5 Å². The van der Waals surface area contributed by atoms with Crippen LogP contribution in [0.25, 0.3) is 0 Å². The third-order valence-corrected chi connectivity index (χ3v) is 4.77. The van der Waals surface area contributed by atoms with Crippen LogP contribution in [0.1, 0.15) is 42.8 Å². The second-order valence-corrected chi connectivity index (χ2v) is 7.15. The van der Waals surface area contributed by atoms with E-state index in [0.29, 0.717) is 5.92 Å². The van der Waals surface area contributed by atoms with E-state index in [1.165, 1.54) is 0 Å². The first kappa shape index (κ1) is 20.5. The second-order valence-electron chi connectivity index (χ2n) is 7.15. The van der Waals surface area contributed by atoms with Crippen LogP contribution in [-0.2, 0) is 11.8 Å². The Morgan fingerprint density at radius 1 is 1.14 bits per heavy atom. The van der Waals surface area contributed by atoms with Crippen LogP contribution in [0.4, 0.5) is 0 Å². The summed E-state index contributed by atoms with van der Waals surface area (Å²) < 4.78 is 12.9. The molecule has 0 spiro atoms. The molecule has 1 atom stereocenters. The summed E-state index contributed by atoms with van der Waals surface area (Å²) in [7, 11) is 3.53. The van der Waals surface area contributed by atoms with Crippen molar-refractivity contribution in [2.75, 3.05) is 13.7 Å². The Labute approximate surface area is 171 Å². The Bertz CT molecular complexity index is 948. The number of hydrogen-bond donors (Lipinski definition) is 1. The number of nitrogens with one attached hydrogen (secondary N) is 1. The van der Waals surface area contributed by atoms with Crippen LogP contribution in [0.15, 0.2) is 60.9 Å². The number of nitrogens with zero attached hydrogens (tertiary/aromatic N) is 2. The van der Waals surface area contributed by atoms with E-state index < -0.39 is 6.04 Å². The molecule has 0 radical (unpaired) electrons. The number of aromatic nitrogens is 2. The van der Waals surface area contributed by atoms with E-state index in [-0.39, 0.29) is 12.5 Å². The molecule has 3 rings (SSSR count). The predicted molar refractivity (Wildman–Crippen MR) is 112 cm³/mol. The molecule has 152 valence electrons. The topological polar surface area (TPSA) is 65.4 Å². The fourth-order valence-corrected chi connectivity index (χ4v) is 3.18. The SMILES string of the molecule is COc1ccc(C(NC(=O)COc2ccccc2C(C)C)c2nccn2C)cc1. The Balaban J connectivity index is 1.76. The minimum absolute atomic E-state index is 0.0686. The quantitative estimate of drug-likeness (QED) is 0.632. The fourth-order valence-electron chi connectivity index (χ4n) is 3.18. The van der Waals surface area contributed by atoms with Gasteiger partial charge in [-0.2, -0.15) is 0 Å². The van der Waals surface area contributed by atoms with Gasteiger partial charge in [-0.25, -0.2) is 4.98 Å². The second kappa shape index (κ2) is 9.28. The molecule has 0 saturated heterocycles. The Kier molecular flexibility index (Phi) is 6.54. The largest absolute Gasteiger partial charge is 0.497 e. The zero-order valence-corrected chi connectivity index (χ0v) is 17.3. The number of methoxy groups -OCH3 is 1. The molecular formula is C23H27N3O3. The normalized spacial score (nSPS) is 11.9. The highest BCUT2D eigenvalue weighted by Gasteiger charge is 2.21. The standard InChI is InChI=1S/C23H27N3O3/c1-16(2)19-7-5-6-8-20(19)29-15-21(27)25-22(23-24-13-14-26(23)3)17-9-11-18(28-4)12-10-17/h5-14,16,22H,15H2,1-4H3,(H,25,27). The zero-order valence-electron chi connectivity index (χ0n) is 17.3. The van der Waals surface area contributed by atoms with Gasteiger partial charge in [-0.1, -0.05) is 44.2 Å². The van der Waals surface area contributed by atoms with Gasteiger partial charge in [0.05, 0.1) is 7.11 Å². The molecule has 29 heavy (non-hydrogen) atoms. The lowest BCUT2D eigenvalue weighted by molar-refractivity contribution is -0.123. The Morgan fingerprint density at radius 2 is 1.86 bits per heavy atom. The average molecular weight is 393 g/mol. The summed E-state index contributed by atoms with van der Waals surface area (Å²) in [6.07, 6.45) is 3.57. The van der Waals surface area contributed by atoms with Crippen LogP contribution in [-0.4, -0.2) is 29.2 Å². The molecular weight excluding hydrogens is 366 g/mol. The number of para-hydroxylation sites is 1. The number of carbonyl (C=O) groups excluding carboxylic acids is 1. The monoisotopic (exact) mass is 393 g/mol. The van der Waals surface area contributed by atoms with Crippen molar-refractivity contribution in [3.8, 4) is 11.5 Å². The molecule has 1 unspecified atom stereocenters. The molecule has 1 heterocycles. The molecule has 1 aromatic heterocycles. The van der Waals surface area contributed by atoms with Crippen LogP contribution in [0.2, 0.25) is 0 Å². The van der Waals surface area contributed by atoms with E-state index in [2.05, 4.69) is 24.1 Å². The van der Waals surface area contributed by atoms with Crippen molar-refractivity contribution in [3.63, 3.8) is 0 Å². The number of amides is 1. The summed E-state index contributed by atoms with van der Waals surface area (Å²) in [4.78, 5) is 17.1.